The second-order valence-electron chi connectivity index (χ2n) is 4.77. The van der Waals surface area contributed by atoms with E-state index in [0.29, 0.717) is 6.54 Å². The first-order chi connectivity index (χ1) is 9.66. The van der Waals surface area contributed by atoms with Gasteiger partial charge in [-0.1, -0.05) is 30.3 Å². The van der Waals surface area contributed by atoms with Crippen LogP contribution in [0.3, 0.4) is 0 Å². The molecule has 0 radical (unpaired) electrons. The molecule has 1 aromatic carbocycles. The molecule has 5 nitrogen and oxygen atoms in total. The molecule has 2 rings (SSSR count). The van der Waals surface area contributed by atoms with E-state index in [0.717, 1.165) is 38.4 Å². The van der Waals surface area contributed by atoms with E-state index < -0.39 is 10.0 Å². The highest BCUT2D eigenvalue weighted by Crippen LogP contribution is 2.02. The first-order valence-electron chi connectivity index (χ1n) is 6.80. The van der Waals surface area contributed by atoms with Gasteiger partial charge in [-0.3, -0.25) is 0 Å². The van der Waals surface area contributed by atoms with Crippen molar-refractivity contribution in [3.63, 3.8) is 0 Å². The third-order valence-corrected chi connectivity index (χ3v) is 4.32. The number of nitrogens with one attached hydrogen (secondary N) is 2. The molecule has 6 heteroatoms. The Morgan fingerprint density at radius 1 is 1.20 bits per heavy atom. The molecule has 0 aliphatic carbocycles. The van der Waals surface area contributed by atoms with Crippen LogP contribution in [-0.4, -0.2) is 47.8 Å². The standard InChI is InChI=1S/C14H20N2O3S/c17-20(18,13-6-14-4-2-1-3-5-14)15-7-8-16-9-11-19-12-10-16/h1-6,13,15H,7-12H2/p+1/b13-6+. The number of benzene rings is 1. The smallest absolute Gasteiger partial charge is 0.233 e. The van der Waals surface area contributed by atoms with Gasteiger partial charge in [0.25, 0.3) is 0 Å². The van der Waals surface area contributed by atoms with Gasteiger partial charge in [0.2, 0.25) is 10.0 Å². The Kier molecular flexibility index (Phi) is 5.72. The summed E-state index contributed by atoms with van der Waals surface area (Å²) in [4.78, 5) is 1.38. The summed E-state index contributed by atoms with van der Waals surface area (Å²) in [6, 6.07) is 9.38. The van der Waals surface area contributed by atoms with Gasteiger partial charge >= 0.3 is 0 Å². The quantitative estimate of drug-likeness (QED) is 0.744. The first-order valence-corrected chi connectivity index (χ1v) is 8.34. The lowest BCUT2D eigenvalue weighted by Crippen LogP contribution is -3.14. The zero-order valence-corrected chi connectivity index (χ0v) is 12.2. The number of quaternary nitrogens is 1. The molecule has 0 aromatic heterocycles. The fourth-order valence-electron chi connectivity index (χ4n) is 2.06. The predicted octanol–water partition coefficient (Wildman–Crippen LogP) is -0.508. The zero-order chi connectivity index (χ0) is 14.3. The van der Waals surface area contributed by atoms with Gasteiger partial charge in [0.15, 0.2) is 0 Å². The van der Waals surface area contributed by atoms with Crippen LogP contribution >= 0.6 is 0 Å². The van der Waals surface area contributed by atoms with Crippen LogP contribution in [0.2, 0.25) is 0 Å². The Bertz CT molecular complexity index is 523. The lowest BCUT2D eigenvalue weighted by Gasteiger charge is -2.23. The fourth-order valence-corrected chi connectivity index (χ4v) is 2.88. The van der Waals surface area contributed by atoms with E-state index in [1.807, 2.05) is 30.3 Å². The van der Waals surface area contributed by atoms with E-state index >= 15 is 0 Å². The van der Waals surface area contributed by atoms with Crippen molar-refractivity contribution >= 4 is 16.1 Å². The Labute approximate surface area is 120 Å². The minimum atomic E-state index is -3.36. The Morgan fingerprint density at radius 2 is 1.90 bits per heavy atom. The van der Waals surface area contributed by atoms with Crippen LogP contribution in [0.4, 0.5) is 0 Å². The van der Waals surface area contributed by atoms with Gasteiger partial charge in [0, 0.05) is 5.41 Å². The molecule has 1 heterocycles. The number of hydrogen-bond acceptors (Lipinski definition) is 3. The van der Waals surface area contributed by atoms with E-state index in [1.165, 1.54) is 10.3 Å². The number of sulfonamides is 1. The molecular formula is C14H21N2O3S+. The molecule has 0 atom stereocenters. The summed E-state index contributed by atoms with van der Waals surface area (Å²) in [6.45, 7) is 4.66. The van der Waals surface area contributed by atoms with Crippen molar-refractivity contribution in [3.8, 4) is 0 Å². The van der Waals surface area contributed by atoms with Crippen molar-refractivity contribution in [1.82, 2.24) is 4.72 Å². The normalized spacial score (nSPS) is 17.6. The van der Waals surface area contributed by atoms with E-state index in [-0.39, 0.29) is 0 Å². The van der Waals surface area contributed by atoms with Crippen LogP contribution in [0.15, 0.2) is 35.7 Å². The van der Waals surface area contributed by atoms with Crippen LogP contribution in [0.5, 0.6) is 0 Å². The number of hydrogen-bond donors (Lipinski definition) is 2. The van der Waals surface area contributed by atoms with E-state index in [4.69, 9.17) is 4.74 Å². The highest BCUT2D eigenvalue weighted by Gasteiger charge is 2.14. The van der Waals surface area contributed by atoms with Crippen LogP contribution < -0.4 is 9.62 Å². The average molecular weight is 297 g/mol. The minimum Gasteiger partial charge on any atom is -0.370 e. The van der Waals surface area contributed by atoms with Gasteiger partial charge in [-0.05, 0) is 11.6 Å². The van der Waals surface area contributed by atoms with Crippen LogP contribution in [-0.2, 0) is 14.8 Å². The van der Waals surface area contributed by atoms with Crippen molar-refractivity contribution in [3.05, 3.63) is 41.3 Å². The number of morpholine rings is 1. The van der Waals surface area contributed by atoms with Gasteiger partial charge in [-0.15, -0.1) is 0 Å². The van der Waals surface area contributed by atoms with Crippen molar-refractivity contribution in [2.45, 2.75) is 0 Å². The molecular weight excluding hydrogens is 276 g/mol. The maximum atomic E-state index is 11.8. The Hall–Kier alpha value is -1.21. The monoisotopic (exact) mass is 297 g/mol. The molecule has 0 amide bonds. The summed E-state index contributed by atoms with van der Waals surface area (Å²) in [5.41, 5.74) is 0.872. The van der Waals surface area contributed by atoms with Crippen molar-refractivity contribution in [1.29, 1.82) is 0 Å². The lowest BCUT2D eigenvalue weighted by atomic mass is 10.2. The fraction of sp³-hybridized carbons (Fsp3) is 0.429. The first kappa shape index (κ1) is 15.2. The van der Waals surface area contributed by atoms with E-state index in [1.54, 1.807) is 6.08 Å². The summed E-state index contributed by atoms with van der Waals surface area (Å²) >= 11 is 0. The molecule has 1 aliphatic rings. The van der Waals surface area contributed by atoms with E-state index in [9.17, 15) is 8.42 Å². The topological polar surface area (TPSA) is 59.8 Å². The van der Waals surface area contributed by atoms with E-state index in [2.05, 4.69) is 4.72 Å². The lowest BCUT2D eigenvalue weighted by molar-refractivity contribution is -0.906. The van der Waals surface area contributed by atoms with Crippen LogP contribution in [0.25, 0.3) is 6.08 Å². The van der Waals surface area contributed by atoms with Crippen molar-refractivity contribution in [2.24, 2.45) is 0 Å². The molecule has 1 saturated heterocycles. The molecule has 0 unspecified atom stereocenters. The third kappa shape index (κ3) is 5.42. The Balaban J connectivity index is 1.77. The maximum Gasteiger partial charge on any atom is 0.233 e. The summed E-state index contributed by atoms with van der Waals surface area (Å²) in [6.07, 6.45) is 1.60. The molecule has 0 bridgehead atoms. The number of rotatable bonds is 6. The molecule has 1 fully saturated rings. The molecule has 20 heavy (non-hydrogen) atoms. The maximum absolute atomic E-state index is 11.8. The molecule has 1 aromatic rings. The highest BCUT2D eigenvalue weighted by molar-refractivity contribution is 7.92. The summed E-state index contributed by atoms with van der Waals surface area (Å²) in [5, 5.41) is 1.22. The van der Waals surface area contributed by atoms with Crippen LogP contribution in [0.1, 0.15) is 5.56 Å². The highest BCUT2D eigenvalue weighted by atomic mass is 32.2. The van der Waals surface area contributed by atoms with Crippen molar-refractivity contribution in [2.75, 3.05) is 39.4 Å². The van der Waals surface area contributed by atoms with Gasteiger partial charge in [-0.25, -0.2) is 13.1 Å². The van der Waals surface area contributed by atoms with Gasteiger partial charge < -0.3 is 9.64 Å². The molecule has 1 aliphatic heterocycles. The number of ether oxygens (including phenoxy) is 1. The second-order valence-corrected chi connectivity index (χ2v) is 6.42. The van der Waals surface area contributed by atoms with Gasteiger partial charge in [-0.2, -0.15) is 0 Å². The van der Waals surface area contributed by atoms with Crippen LogP contribution in [0, 0.1) is 0 Å². The molecule has 110 valence electrons. The summed E-state index contributed by atoms with van der Waals surface area (Å²) in [5.74, 6) is 0. The zero-order valence-electron chi connectivity index (χ0n) is 11.4. The summed E-state index contributed by atoms with van der Waals surface area (Å²) < 4.78 is 31.5. The summed E-state index contributed by atoms with van der Waals surface area (Å²) in [7, 11) is -3.36. The Morgan fingerprint density at radius 3 is 2.60 bits per heavy atom. The predicted molar refractivity (Wildman–Crippen MR) is 78.8 cm³/mol. The third-order valence-electron chi connectivity index (χ3n) is 3.22. The van der Waals surface area contributed by atoms with Crippen molar-refractivity contribution < 1.29 is 18.1 Å². The largest absolute Gasteiger partial charge is 0.370 e. The molecule has 2 N–H and O–H groups in total. The molecule has 0 saturated carbocycles. The SMILES string of the molecule is O=S(=O)(/C=C/c1ccccc1)NCC[NH+]1CCOCC1. The van der Waals surface area contributed by atoms with Gasteiger partial charge in [0.1, 0.15) is 13.1 Å². The average Bonchev–Trinajstić information content (AvgIpc) is 2.47. The van der Waals surface area contributed by atoms with Gasteiger partial charge in [0.05, 0.1) is 26.3 Å². The second kappa shape index (κ2) is 7.54. The minimum absolute atomic E-state index is 0.455. The molecule has 0 spiro atoms.